The van der Waals surface area contributed by atoms with Gasteiger partial charge in [-0.3, -0.25) is 0 Å². The molecule has 0 radical (unpaired) electrons. The Morgan fingerprint density at radius 3 is 1.07 bits per heavy atom. The molecule has 0 spiro atoms. The zero-order valence-electron chi connectivity index (χ0n) is 17.4. The molecule has 6 heteroatoms. The van der Waals surface area contributed by atoms with Crippen molar-refractivity contribution in [2.24, 2.45) is 0 Å². The van der Waals surface area contributed by atoms with Gasteiger partial charge in [0.25, 0.3) is 0 Å². The van der Waals surface area contributed by atoms with Crippen molar-refractivity contribution in [3.63, 3.8) is 0 Å². The quantitative estimate of drug-likeness (QED) is 0.799. The number of nitrogens with zero attached hydrogens (tertiary/aromatic N) is 6. The Morgan fingerprint density at radius 2 is 0.815 bits per heavy atom. The van der Waals surface area contributed by atoms with Crippen LogP contribution in [-0.2, 0) is 0 Å². The van der Waals surface area contributed by atoms with Gasteiger partial charge in [-0.05, 0) is 78.6 Å². The van der Waals surface area contributed by atoms with Gasteiger partial charge in [0.15, 0.2) is 0 Å². The highest BCUT2D eigenvalue weighted by molar-refractivity contribution is 5.48. The van der Waals surface area contributed by atoms with Crippen LogP contribution in [0, 0.1) is 0 Å². The van der Waals surface area contributed by atoms with Crippen LogP contribution in [0.1, 0.15) is 78.6 Å². The molecule has 0 saturated carbocycles. The van der Waals surface area contributed by atoms with Crippen LogP contribution in [0.5, 0.6) is 0 Å². The highest BCUT2D eigenvalue weighted by Crippen LogP contribution is 2.30. The average Bonchev–Trinajstić information content (AvgIpc) is 2.69. The Morgan fingerprint density at radius 1 is 0.519 bits per heavy atom. The van der Waals surface area contributed by atoms with E-state index in [0.29, 0.717) is 18.1 Å². The number of rotatable bonds is 3. The molecule has 27 heavy (non-hydrogen) atoms. The minimum Gasteiger partial charge on any atom is -0.338 e. The van der Waals surface area contributed by atoms with Crippen LogP contribution in [0.4, 0.5) is 17.8 Å². The normalized spacial score (nSPS) is 29.9. The number of anilines is 3. The molecule has 0 amide bonds. The van der Waals surface area contributed by atoms with Crippen molar-refractivity contribution < 1.29 is 0 Å². The van der Waals surface area contributed by atoms with Crippen LogP contribution in [0.2, 0.25) is 0 Å². The van der Waals surface area contributed by atoms with Gasteiger partial charge in [0.1, 0.15) is 0 Å². The van der Waals surface area contributed by atoms with E-state index >= 15 is 0 Å². The van der Waals surface area contributed by atoms with Crippen LogP contribution >= 0.6 is 0 Å². The Hall–Kier alpha value is -1.59. The summed E-state index contributed by atoms with van der Waals surface area (Å²) in [5, 5.41) is 0. The molecule has 1 aromatic heterocycles. The lowest BCUT2D eigenvalue weighted by molar-refractivity contribution is 0.458. The smallest absolute Gasteiger partial charge is 0.232 e. The third-order valence-corrected chi connectivity index (χ3v) is 6.78. The summed E-state index contributed by atoms with van der Waals surface area (Å²) in [4.78, 5) is 22.3. The first-order valence-electron chi connectivity index (χ1n) is 11.2. The molecule has 3 aliphatic heterocycles. The van der Waals surface area contributed by atoms with E-state index in [0.717, 1.165) is 37.5 Å². The van der Waals surface area contributed by atoms with Gasteiger partial charge in [-0.1, -0.05) is 0 Å². The molecule has 0 aliphatic carbocycles. The van der Waals surface area contributed by atoms with Crippen LogP contribution in [-0.4, -0.2) is 52.7 Å². The van der Waals surface area contributed by atoms with Crippen molar-refractivity contribution in [3.05, 3.63) is 0 Å². The molecule has 3 unspecified atom stereocenters. The van der Waals surface area contributed by atoms with Crippen LogP contribution < -0.4 is 14.7 Å². The summed E-state index contributed by atoms with van der Waals surface area (Å²) in [6.45, 7) is 10.1. The molecule has 6 nitrogen and oxygen atoms in total. The monoisotopic (exact) mass is 372 g/mol. The lowest BCUT2D eigenvalue weighted by atomic mass is 10.0. The summed E-state index contributed by atoms with van der Waals surface area (Å²) in [5.41, 5.74) is 0. The van der Waals surface area contributed by atoms with E-state index in [-0.39, 0.29) is 0 Å². The Bertz CT molecular complexity index is 537. The topological polar surface area (TPSA) is 48.4 Å². The first kappa shape index (κ1) is 18.8. The highest BCUT2D eigenvalue weighted by Gasteiger charge is 2.29. The number of hydrogen-bond acceptors (Lipinski definition) is 6. The summed E-state index contributed by atoms with van der Waals surface area (Å²) >= 11 is 0. The molecule has 0 aromatic carbocycles. The maximum absolute atomic E-state index is 5.00. The standard InChI is InChI=1S/C21H36N6/c1-16-10-4-7-13-25(16)19-22-20(26-14-8-5-11-17(26)2)24-21(23-19)27-15-9-6-12-18(27)3/h16-18H,4-15H2,1-3H3. The zero-order valence-corrected chi connectivity index (χ0v) is 17.4. The van der Waals surface area contributed by atoms with Crippen molar-refractivity contribution in [1.29, 1.82) is 0 Å². The molecule has 4 heterocycles. The van der Waals surface area contributed by atoms with E-state index in [2.05, 4.69) is 35.5 Å². The Kier molecular flexibility index (Phi) is 5.69. The van der Waals surface area contributed by atoms with E-state index in [4.69, 9.17) is 15.0 Å². The van der Waals surface area contributed by atoms with Crippen molar-refractivity contribution in [1.82, 2.24) is 15.0 Å². The van der Waals surface area contributed by atoms with E-state index in [1.165, 1.54) is 57.8 Å². The average molecular weight is 373 g/mol. The molecule has 3 saturated heterocycles. The van der Waals surface area contributed by atoms with E-state index in [1.54, 1.807) is 0 Å². The van der Waals surface area contributed by atoms with Crippen LogP contribution in [0.25, 0.3) is 0 Å². The van der Waals surface area contributed by atoms with Crippen LogP contribution in [0.3, 0.4) is 0 Å². The molecule has 1 aromatic rings. The van der Waals surface area contributed by atoms with Crippen LogP contribution in [0.15, 0.2) is 0 Å². The van der Waals surface area contributed by atoms with E-state index in [9.17, 15) is 0 Å². The third kappa shape index (κ3) is 3.99. The lowest BCUT2D eigenvalue weighted by Crippen LogP contribution is -2.43. The molecule has 3 aliphatic rings. The first-order chi connectivity index (χ1) is 13.1. The van der Waals surface area contributed by atoms with Gasteiger partial charge < -0.3 is 14.7 Å². The summed E-state index contributed by atoms with van der Waals surface area (Å²) < 4.78 is 0. The van der Waals surface area contributed by atoms with Gasteiger partial charge >= 0.3 is 0 Å². The second-order valence-corrected chi connectivity index (χ2v) is 8.85. The zero-order chi connectivity index (χ0) is 18.8. The molecule has 4 rings (SSSR count). The summed E-state index contributed by atoms with van der Waals surface area (Å²) in [7, 11) is 0. The molecule has 150 valence electrons. The molecule has 0 N–H and O–H groups in total. The highest BCUT2D eigenvalue weighted by atomic mass is 15.4. The fourth-order valence-electron chi connectivity index (χ4n) is 4.91. The van der Waals surface area contributed by atoms with Gasteiger partial charge in [-0.15, -0.1) is 0 Å². The van der Waals surface area contributed by atoms with Gasteiger partial charge in [0.05, 0.1) is 0 Å². The second-order valence-electron chi connectivity index (χ2n) is 8.85. The largest absolute Gasteiger partial charge is 0.338 e. The molecule has 3 atom stereocenters. The summed E-state index contributed by atoms with van der Waals surface area (Å²) in [6, 6.07) is 1.54. The minimum absolute atomic E-state index is 0.513. The molecule has 0 bridgehead atoms. The SMILES string of the molecule is CC1CCCCN1c1nc(N2CCCCC2C)nc(N2CCCCC2C)n1. The predicted molar refractivity (Wildman–Crippen MR) is 112 cm³/mol. The summed E-state index contributed by atoms with van der Waals surface area (Å²) in [6.07, 6.45) is 11.4. The maximum atomic E-state index is 5.00. The number of hydrogen-bond donors (Lipinski definition) is 0. The fourth-order valence-corrected chi connectivity index (χ4v) is 4.91. The third-order valence-electron chi connectivity index (χ3n) is 6.78. The van der Waals surface area contributed by atoms with Gasteiger partial charge in [0.2, 0.25) is 17.8 Å². The molecular formula is C21H36N6. The van der Waals surface area contributed by atoms with Crippen molar-refractivity contribution in [3.8, 4) is 0 Å². The minimum atomic E-state index is 0.513. The van der Waals surface area contributed by atoms with E-state index < -0.39 is 0 Å². The van der Waals surface area contributed by atoms with Gasteiger partial charge in [-0.25, -0.2) is 0 Å². The predicted octanol–water partition coefficient (Wildman–Crippen LogP) is 4.01. The number of piperidine rings is 3. The van der Waals surface area contributed by atoms with Crippen molar-refractivity contribution in [2.75, 3.05) is 34.3 Å². The lowest BCUT2D eigenvalue weighted by Gasteiger charge is -2.38. The molecule has 3 fully saturated rings. The fraction of sp³-hybridized carbons (Fsp3) is 0.857. The maximum Gasteiger partial charge on any atom is 0.232 e. The van der Waals surface area contributed by atoms with Gasteiger partial charge in [0, 0.05) is 37.8 Å². The van der Waals surface area contributed by atoms with Gasteiger partial charge in [-0.2, -0.15) is 15.0 Å². The van der Waals surface area contributed by atoms with Crippen molar-refractivity contribution >= 4 is 17.8 Å². The first-order valence-corrected chi connectivity index (χ1v) is 11.2. The second kappa shape index (κ2) is 8.19. The molecular weight excluding hydrogens is 336 g/mol. The Balaban J connectivity index is 1.71. The number of aromatic nitrogens is 3. The Labute approximate surface area is 164 Å². The summed E-state index contributed by atoms with van der Waals surface area (Å²) in [5.74, 6) is 2.70. The van der Waals surface area contributed by atoms with Crippen molar-refractivity contribution in [2.45, 2.75) is 96.7 Å². The van der Waals surface area contributed by atoms with E-state index in [1.807, 2.05) is 0 Å².